The topological polar surface area (TPSA) is 88.5 Å². The maximum absolute atomic E-state index is 9.64. The Hall–Kier alpha value is -2.65. The summed E-state index contributed by atoms with van der Waals surface area (Å²) in [6.45, 7) is 0. The smallest absolute Gasteiger partial charge is 0.205 e. The second-order valence-corrected chi connectivity index (χ2v) is 5.90. The highest BCUT2D eigenvalue weighted by Crippen LogP contribution is 2.44. The van der Waals surface area contributed by atoms with Crippen molar-refractivity contribution in [2.45, 2.75) is 5.92 Å². The summed E-state index contributed by atoms with van der Waals surface area (Å²) in [6.07, 6.45) is 0. The van der Waals surface area contributed by atoms with E-state index in [1.54, 1.807) is 19.2 Å². The van der Waals surface area contributed by atoms with Crippen LogP contribution in [0.3, 0.4) is 0 Å². The quantitative estimate of drug-likeness (QED) is 0.843. The number of halogens is 1. The van der Waals surface area contributed by atoms with Crippen LogP contribution < -0.4 is 15.2 Å². The van der Waals surface area contributed by atoms with E-state index in [1.807, 2.05) is 18.2 Å². The Bertz CT molecular complexity index is 855. The highest BCUT2D eigenvalue weighted by molar-refractivity contribution is 9.10. The molecule has 3 rings (SSSR count). The number of nitrogens with two attached hydrogens (primary N) is 1. The Morgan fingerprint density at radius 2 is 2.09 bits per heavy atom. The Kier molecular flexibility index (Phi) is 3.89. The first-order valence-electron chi connectivity index (χ1n) is 6.79. The normalized spacial score (nSPS) is 16.3. The van der Waals surface area contributed by atoms with Gasteiger partial charge in [0.2, 0.25) is 5.88 Å². The van der Waals surface area contributed by atoms with Crippen molar-refractivity contribution >= 4 is 15.9 Å². The van der Waals surface area contributed by atoms with Crippen molar-refractivity contribution in [3.05, 3.63) is 63.5 Å². The molecule has 2 aromatic carbocycles. The summed E-state index contributed by atoms with van der Waals surface area (Å²) in [5, 5.41) is 19.1. The Balaban J connectivity index is 2.20. The van der Waals surface area contributed by atoms with E-state index in [9.17, 15) is 10.4 Å². The van der Waals surface area contributed by atoms with Gasteiger partial charge in [-0.2, -0.15) is 5.26 Å². The Labute approximate surface area is 141 Å². The maximum atomic E-state index is 9.64. The van der Waals surface area contributed by atoms with E-state index in [-0.39, 0.29) is 17.6 Å². The molecular weight excluding hydrogens is 360 g/mol. The highest BCUT2D eigenvalue weighted by Gasteiger charge is 2.31. The molecule has 1 aliphatic heterocycles. The van der Waals surface area contributed by atoms with Gasteiger partial charge in [0.05, 0.1) is 17.5 Å². The fourth-order valence-corrected chi connectivity index (χ4v) is 3.21. The summed E-state index contributed by atoms with van der Waals surface area (Å²) in [5.74, 6) is 0.890. The van der Waals surface area contributed by atoms with Gasteiger partial charge in [-0.3, -0.25) is 0 Å². The van der Waals surface area contributed by atoms with Gasteiger partial charge in [-0.1, -0.05) is 12.1 Å². The predicted molar refractivity (Wildman–Crippen MR) is 88.1 cm³/mol. The van der Waals surface area contributed by atoms with Crippen molar-refractivity contribution in [1.29, 1.82) is 5.26 Å². The summed E-state index contributed by atoms with van der Waals surface area (Å²) in [6, 6.07) is 12.5. The standard InChI is InChI=1S/C17H13BrN2O3/c1-22-14-5-2-9(6-13(14)18)16-11-4-3-10(21)7-15(11)23-17(20)12(16)8-19/h2-7,16,21H,20H2,1H3. The van der Waals surface area contributed by atoms with Gasteiger partial charge in [-0.15, -0.1) is 0 Å². The van der Waals surface area contributed by atoms with Crippen LogP contribution in [0.2, 0.25) is 0 Å². The first kappa shape index (κ1) is 15.3. The summed E-state index contributed by atoms with van der Waals surface area (Å²) in [5.41, 5.74) is 7.86. The van der Waals surface area contributed by atoms with Gasteiger partial charge >= 0.3 is 0 Å². The number of aromatic hydroxyl groups is 1. The van der Waals surface area contributed by atoms with E-state index in [2.05, 4.69) is 22.0 Å². The van der Waals surface area contributed by atoms with E-state index in [0.717, 1.165) is 15.6 Å². The lowest BCUT2D eigenvalue weighted by Crippen LogP contribution is -2.21. The van der Waals surface area contributed by atoms with Crippen LogP contribution in [0, 0.1) is 11.3 Å². The van der Waals surface area contributed by atoms with Crippen LogP contribution in [-0.2, 0) is 0 Å². The van der Waals surface area contributed by atoms with Gasteiger partial charge < -0.3 is 20.3 Å². The van der Waals surface area contributed by atoms with Crippen molar-refractivity contribution in [1.82, 2.24) is 0 Å². The lowest BCUT2D eigenvalue weighted by Gasteiger charge is -2.26. The van der Waals surface area contributed by atoms with E-state index in [0.29, 0.717) is 17.1 Å². The monoisotopic (exact) mass is 372 g/mol. The molecule has 0 bridgehead atoms. The molecule has 0 amide bonds. The summed E-state index contributed by atoms with van der Waals surface area (Å²) >= 11 is 3.46. The number of benzene rings is 2. The van der Waals surface area contributed by atoms with E-state index in [1.165, 1.54) is 6.07 Å². The molecule has 1 heterocycles. The highest BCUT2D eigenvalue weighted by atomic mass is 79.9. The molecule has 0 saturated carbocycles. The molecule has 1 aliphatic rings. The van der Waals surface area contributed by atoms with Crippen LogP contribution in [0.15, 0.2) is 52.3 Å². The average Bonchev–Trinajstić information content (AvgIpc) is 2.53. The number of nitriles is 1. The van der Waals surface area contributed by atoms with Crippen molar-refractivity contribution in [3.63, 3.8) is 0 Å². The molecule has 1 unspecified atom stereocenters. The summed E-state index contributed by atoms with van der Waals surface area (Å²) < 4.78 is 11.5. The third-order valence-electron chi connectivity index (χ3n) is 3.71. The van der Waals surface area contributed by atoms with E-state index in [4.69, 9.17) is 15.2 Å². The number of phenols is 1. The van der Waals surface area contributed by atoms with Crippen molar-refractivity contribution in [2.75, 3.05) is 7.11 Å². The second-order valence-electron chi connectivity index (χ2n) is 5.04. The van der Waals surface area contributed by atoms with Crippen LogP contribution >= 0.6 is 15.9 Å². The van der Waals surface area contributed by atoms with Crippen LogP contribution in [0.4, 0.5) is 0 Å². The van der Waals surface area contributed by atoms with Crippen LogP contribution in [0.1, 0.15) is 17.0 Å². The minimum absolute atomic E-state index is 0.0440. The fraction of sp³-hybridized carbons (Fsp3) is 0.118. The zero-order valence-electron chi connectivity index (χ0n) is 12.2. The van der Waals surface area contributed by atoms with Gasteiger partial charge in [0.15, 0.2) is 0 Å². The average molecular weight is 373 g/mol. The molecule has 0 saturated heterocycles. The molecule has 2 aromatic rings. The minimum Gasteiger partial charge on any atom is -0.508 e. The zero-order chi connectivity index (χ0) is 16.6. The van der Waals surface area contributed by atoms with Crippen molar-refractivity contribution < 1.29 is 14.6 Å². The van der Waals surface area contributed by atoms with Gasteiger partial charge in [-0.05, 0) is 39.7 Å². The van der Waals surface area contributed by atoms with Gasteiger partial charge in [0.1, 0.15) is 28.9 Å². The number of methoxy groups -OCH3 is 1. The minimum atomic E-state index is -0.369. The lowest BCUT2D eigenvalue weighted by molar-refractivity contribution is 0.388. The number of nitrogens with zero attached hydrogens (tertiary/aromatic N) is 1. The molecule has 3 N–H and O–H groups in total. The molecule has 0 spiro atoms. The molecule has 6 heteroatoms. The number of fused-ring (bicyclic) bond motifs is 1. The largest absolute Gasteiger partial charge is 0.508 e. The molecule has 0 aliphatic carbocycles. The van der Waals surface area contributed by atoms with Crippen LogP contribution in [0.5, 0.6) is 17.2 Å². The maximum Gasteiger partial charge on any atom is 0.205 e. The van der Waals surface area contributed by atoms with E-state index < -0.39 is 0 Å². The number of ether oxygens (including phenoxy) is 2. The summed E-state index contributed by atoms with van der Waals surface area (Å²) in [7, 11) is 1.59. The number of allylic oxidation sites excluding steroid dienone is 1. The van der Waals surface area contributed by atoms with E-state index >= 15 is 0 Å². The molecule has 23 heavy (non-hydrogen) atoms. The zero-order valence-corrected chi connectivity index (χ0v) is 13.8. The predicted octanol–water partition coefficient (Wildman–Crippen LogP) is 3.38. The van der Waals surface area contributed by atoms with Gasteiger partial charge in [-0.25, -0.2) is 0 Å². The molecule has 0 aromatic heterocycles. The first-order chi connectivity index (χ1) is 11.0. The molecular formula is C17H13BrN2O3. The number of phenolic OH excluding ortho intramolecular Hbond substituents is 1. The molecule has 0 radical (unpaired) electrons. The molecule has 1 atom stereocenters. The van der Waals surface area contributed by atoms with Crippen molar-refractivity contribution in [2.24, 2.45) is 5.73 Å². The fourth-order valence-electron chi connectivity index (χ4n) is 2.65. The van der Waals surface area contributed by atoms with Gasteiger partial charge in [0.25, 0.3) is 0 Å². The molecule has 0 fully saturated rings. The van der Waals surface area contributed by atoms with Crippen molar-refractivity contribution in [3.8, 4) is 23.3 Å². The third kappa shape index (κ3) is 2.60. The third-order valence-corrected chi connectivity index (χ3v) is 4.33. The van der Waals surface area contributed by atoms with Gasteiger partial charge in [0, 0.05) is 11.6 Å². The second kappa shape index (κ2) is 5.86. The number of rotatable bonds is 2. The summed E-state index contributed by atoms with van der Waals surface area (Å²) in [4.78, 5) is 0. The Morgan fingerprint density at radius 3 is 2.74 bits per heavy atom. The van der Waals surface area contributed by atoms with Crippen LogP contribution in [-0.4, -0.2) is 12.2 Å². The molecule has 5 nitrogen and oxygen atoms in total. The number of hydrogen-bond donors (Lipinski definition) is 2. The SMILES string of the molecule is COc1ccc(C2C(C#N)=C(N)Oc3cc(O)ccc32)cc1Br. The number of hydrogen-bond acceptors (Lipinski definition) is 5. The molecule has 116 valence electrons. The lowest BCUT2D eigenvalue weighted by atomic mass is 9.83. The van der Waals surface area contributed by atoms with Crippen LogP contribution in [0.25, 0.3) is 0 Å². The first-order valence-corrected chi connectivity index (χ1v) is 7.58. The Morgan fingerprint density at radius 1 is 1.30 bits per heavy atom.